The lowest BCUT2D eigenvalue weighted by Crippen LogP contribution is -2.08. The van der Waals surface area contributed by atoms with E-state index in [2.05, 4.69) is 10.7 Å². The number of nitrogen functional groups attached to an aromatic ring is 1. The van der Waals surface area contributed by atoms with E-state index in [0.29, 0.717) is 0 Å². The largest absolute Gasteiger partial charge is 0.449 e. The molecule has 1 aromatic rings. The van der Waals surface area contributed by atoms with Crippen molar-refractivity contribution < 1.29 is 13.9 Å². The molecule has 0 heterocycles. The molecule has 0 fully saturated rings. The van der Waals surface area contributed by atoms with Gasteiger partial charge >= 0.3 is 5.97 Å². The molecule has 1 rings (SSSR count). The second kappa shape index (κ2) is 4.28. The van der Waals surface area contributed by atoms with Gasteiger partial charge in [-0.15, -0.1) is 6.42 Å². The van der Waals surface area contributed by atoms with Crippen LogP contribution in [0.5, 0.6) is 0 Å². The number of hydrogen-bond donors (Lipinski definition) is 1. The number of anilines is 1. The maximum atomic E-state index is 13.1. The fourth-order valence-electron chi connectivity index (χ4n) is 0.882. The summed E-state index contributed by atoms with van der Waals surface area (Å²) in [6, 6.07) is 3.71. The quantitative estimate of drug-likeness (QED) is 0.436. The highest BCUT2D eigenvalue weighted by molar-refractivity contribution is 5.90. The summed E-state index contributed by atoms with van der Waals surface area (Å²) in [6.45, 7) is -0.178. The van der Waals surface area contributed by atoms with E-state index in [4.69, 9.17) is 12.2 Å². The number of rotatable bonds is 2. The van der Waals surface area contributed by atoms with Crippen LogP contribution in [-0.2, 0) is 4.74 Å². The average Bonchev–Trinajstić information content (AvgIpc) is 2.14. The molecule has 4 heteroatoms. The van der Waals surface area contributed by atoms with Gasteiger partial charge in [0.15, 0.2) is 6.61 Å². The van der Waals surface area contributed by atoms with Gasteiger partial charge in [0.05, 0.1) is 5.56 Å². The molecule has 0 unspecified atom stereocenters. The Morgan fingerprint density at radius 1 is 1.64 bits per heavy atom. The van der Waals surface area contributed by atoms with Crippen LogP contribution in [0.4, 0.5) is 10.1 Å². The van der Waals surface area contributed by atoms with E-state index in [1.807, 2.05) is 0 Å². The van der Waals surface area contributed by atoms with E-state index < -0.39 is 11.8 Å². The van der Waals surface area contributed by atoms with Crippen LogP contribution in [0.25, 0.3) is 0 Å². The molecule has 72 valence electrons. The zero-order valence-corrected chi connectivity index (χ0v) is 7.29. The Morgan fingerprint density at radius 2 is 2.36 bits per heavy atom. The minimum atomic E-state index is -0.791. The van der Waals surface area contributed by atoms with E-state index in [0.717, 1.165) is 6.07 Å². The van der Waals surface area contributed by atoms with E-state index in [1.54, 1.807) is 0 Å². The Kier molecular flexibility index (Phi) is 3.08. The number of benzene rings is 1. The van der Waals surface area contributed by atoms with Crippen LogP contribution < -0.4 is 5.73 Å². The molecule has 0 amide bonds. The predicted molar refractivity (Wildman–Crippen MR) is 49.9 cm³/mol. The van der Waals surface area contributed by atoms with Crippen LogP contribution in [0.15, 0.2) is 18.2 Å². The van der Waals surface area contributed by atoms with Gasteiger partial charge in [0.1, 0.15) is 5.82 Å². The first-order chi connectivity index (χ1) is 6.65. The van der Waals surface area contributed by atoms with Crippen molar-refractivity contribution in [3.8, 4) is 12.3 Å². The lowest BCUT2D eigenvalue weighted by molar-refractivity contribution is 0.0551. The number of halogens is 1. The van der Waals surface area contributed by atoms with Gasteiger partial charge < -0.3 is 10.5 Å². The van der Waals surface area contributed by atoms with Crippen molar-refractivity contribution in [1.29, 1.82) is 0 Å². The van der Waals surface area contributed by atoms with Crippen molar-refractivity contribution in [3.05, 3.63) is 29.6 Å². The molecule has 0 aliphatic carbocycles. The van der Waals surface area contributed by atoms with Crippen LogP contribution in [-0.4, -0.2) is 12.6 Å². The van der Waals surface area contributed by atoms with Crippen molar-refractivity contribution in [2.75, 3.05) is 12.3 Å². The first-order valence-corrected chi connectivity index (χ1v) is 3.80. The minimum Gasteiger partial charge on any atom is -0.449 e. The zero-order chi connectivity index (χ0) is 10.6. The number of carbonyl (C=O) groups excluding carboxylic acids is 1. The van der Waals surface area contributed by atoms with Crippen LogP contribution in [0.3, 0.4) is 0 Å². The van der Waals surface area contributed by atoms with Gasteiger partial charge in [-0.1, -0.05) is 5.92 Å². The van der Waals surface area contributed by atoms with Crippen molar-refractivity contribution in [2.24, 2.45) is 0 Å². The third kappa shape index (κ3) is 2.23. The first-order valence-electron chi connectivity index (χ1n) is 3.80. The summed E-state index contributed by atoms with van der Waals surface area (Å²) >= 11 is 0. The fourth-order valence-corrected chi connectivity index (χ4v) is 0.882. The number of ether oxygens (including phenoxy) is 1. The molecule has 0 radical (unpaired) electrons. The molecule has 3 nitrogen and oxygen atoms in total. The lowest BCUT2D eigenvalue weighted by atomic mass is 10.2. The minimum absolute atomic E-state index is 0.172. The molecule has 1 aromatic carbocycles. The summed E-state index contributed by atoms with van der Waals surface area (Å²) in [6.07, 6.45) is 4.88. The number of carbonyl (C=O) groups is 1. The van der Waals surface area contributed by atoms with Gasteiger partial charge in [0.25, 0.3) is 0 Å². The topological polar surface area (TPSA) is 52.3 Å². The lowest BCUT2D eigenvalue weighted by Gasteiger charge is -2.02. The van der Waals surface area contributed by atoms with E-state index in [9.17, 15) is 9.18 Å². The summed E-state index contributed by atoms with van der Waals surface area (Å²) in [5, 5.41) is 0. The summed E-state index contributed by atoms with van der Waals surface area (Å²) in [4.78, 5) is 11.1. The van der Waals surface area contributed by atoms with Gasteiger partial charge in [0, 0.05) is 5.69 Å². The smallest absolute Gasteiger partial charge is 0.342 e. The number of nitrogens with two attached hydrogens (primary N) is 1. The Balaban J connectivity index is 2.86. The Labute approximate surface area is 80.7 Å². The summed E-state index contributed by atoms with van der Waals surface area (Å²) in [5.41, 5.74) is 5.38. The molecule has 0 saturated heterocycles. The first kappa shape index (κ1) is 10.1. The zero-order valence-electron chi connectivity index (χ0n) is 7.29. The second-order valence-electron chi connectivity index (χ2n) is 2.52. The highest BCUT2D eigenvalue weighted by Crippen LogP contribution is 2.12. The molecule has 0 saturated carbocycles. The van der Waals surface area contributed by atoms with E-state index in [-0.39, 0.29) is 17.9 Å². The van der Waals surface area contributed by atoms with E-state index in [1.165, 1.54) is 12.1 Å². The van der Waals surface area contributed by atoms with Crippen LogP contribution >= 0.6 is 0 Å². The SMILES string of the molecule is C#CCOC(=O)c1ccc(N)cc1F. The maximum Gasteiger partial charge on any atom is 0.342 e. The standard InChI is InChI=1S/C10H8FNO2/c1-2-5-14-10(13)8-4-3-7(12)6-9(8)11/h1,3-4,6H,5,12H2. The van der Waals surface area contributed by atoms with Crippen LogP contribution in [0, 0.1) is 18.2 Å². The third-order valence-electron chi connectivity index (χ3n) is 1.50. The molecule has 0 atom stereocenters. The number of esters is 1. The summed E-state index contributed by atoms with van der Waals surface area (Å²) in [7, 11) is 0. The van der Waals surface area contributed by atoms with Gasteiger partial charge in [-0.05, 0) is 18.2 Å². The Hall–Kier alpha value is -2.02. The van der Waals surface area contributed by atoms with E-state index >= 15 is 0 Å². The Morgan fingerprint density at radius 3 is 2.93 bits per heavy atom. The van der Waals surface area contributed by atoms with Crippen molar-refractivity contribution >= 4 is 11.7 Å². The molecule has 0 aliphatic rings. The highest BCUT2D eigenvalue weighted by Gasteiger charge is 2.12. The van der Waals surface area contributed by atoms with Gasteiger partial charge in [0.2, 0.25) is 0 Å². The van der Waals surface area contributed by atoms with Gasteiger partial charge in [-0.25, -0.2) is 9.18 Å². The summed E-state index contributed by atoms with van der Waals surface area (Å²) in [5.74, 6) is 0.602. The van der Waals surface area contributed by atoms with Crippen LogP contribution in [0.1, 0.15) is 10.4 Å². The molecule has 0 aromatic heterocycles. The highest BCUT2D eigenvalue weighted by atomic mass is 19.1. The molecule has 0 aliphatic heterocycles. The van der Waals surface area contributed by atoms with Gasteiger partial charge in [-0.2, -0.15) is 0 Å². The number of hydrogen-bond acceptors (Lipinski definition) is 3. The van der Waals surface area contributed by atoms with Gasteiger partial charge in [-0.3, -0.25) is 0 Å². The average molecular weight is 193 g/mol. The third-order valence-corrected chi connectivity index (χ3v) is 1.50. The molecular formula is C10H8FNO2. The molecule has 0 bridgehead atoms. The van der Waals surface area contributed by atoms with Crippen molar-refractivity contribution in [3.63, 3.8) is 0 Å². The summed E-state index contributed by atoms with van der Waals surface area (Å²) < 4.78 is 17.6. The maximum absolute atomic E-state index is 13.1. The normalized spacial score (nSPS) is 9.14. The molecule has 14 heavy (non-hydrogen) atoms. The molecular weight excluding hydrogens is 185 g/mol. The molecule has 0 spiro atoms. The van der Waals surface area contributed by atoms with Crippen LogP contribution in [0.2, 0.25) is 0 Å². The second-order valence-corrected chi connectivity index (χ2v) is 2.52. The molecule has 2 N–H and O–H groups in total. The fraction of sp³-hybridized carbons (Fsp3) is 0.100. The monoisotopic (exact) mass is 193 g/mol. The number of terminal acetylenes is 1. The predicted octanol–water partition coefficient (Wildman–Crippen LogP) is 1.20. The Bertz CT molecular complexity index is 396. The van der Waals surface area contributed by atoms with Crippen molar-refractivity contribution in [2.45, 2.75) is 0 Å². The van der Waals surface area contributed by atoms with Crippen molar-refractivity contribution in [1.82, 2.24) is 0 Å².